The number of halogens is 3. The monoisotopic (exact) mass is 183 g/mol. The van der Waals surface area contributed by atoms with Gasteiger partial charge < -0.3 is 9.64 Å². The number of rotatable bonds is 0. The molecule has 1 saturated heterocycles. The molecule has 0 atom stereocenters. The maximum absolute atomic E-state index is 11.8. The Labute approximate surface area is 67.1 Å². The van der Waals surface area contributed by atoms with Crippen molar-refractivity contribution in [3.8, 4) is 0 Å². The molecule has 0 N–H and O–H groups in total. The van der Waals surface area contributed by atoms with Crippen LogP contribution in [0.1, 0.15) is 0 Å². The molecule has 0 unspecified atom stereocenters. The summed E-state index contributed by atoms with van der Waals surface area (Å²) in [6, 6.07) is 0. The van der Waals surface area contributed by atoms with Crippen LogP contribution < -0.4 is 0 Å². The van der Waals surface area contributed by atoms with Crippen molar-refractivity contribution in [2.45, 2.75) is 6.18 Å². The highest BCUT2D eigenvalue weighted by Gasteiger charge is 2.42. The molecule has 0 spiro atoms. The lowest BCUT2D eigenvalue weighted by Crippen LogP contribution is -2.46. The lowest BCUT2D eigenvalue weighted by atomic mass is 10.4. The normalized spacial score (nSPS) is 19.4. The molecule has 0 aromatic heterocycles. The van der Waals surface area contributed by atoms with Crippen LogP contribution in [0.2, 0.25) is 0 Å². The SMILES string of the molecule is O=C(N1CCOCC1)C(F)(F)F. The fraction of sp³-hybridized carbons (Fsp3) is 0.833. The molecule has 1 fully saturated rings. The van der Waals surface area contributed by atoms with Gasteiger partial charge in [0.15, 0.2) is 0 Å². The van der Waals surface area contributed by atoms with Crippen molar-refractivity contribution in [1.29, 1.82) is 0 Å². The number of carbonyl (C=O) groups is 1. The number of carbonyl (C=O) groups excluding carboxylic acids is 1. The van der Waals surface area contributed by atoms with Crippen LogP contribution in [-0.2, 0) is 9.53 Å². The summed E-state index contributed by atoms with van der Waals surface area (Å²) < 4.78 is 40.2. The van der Waals surface area contributed by atoms with Crippen LogP contribution in [0.5, 0.6) is 0 Å². The Bertz CT molecular complexity index is 174. The molecule has 0 bridgehead atoms. The van der Waals surface area contributed by atoms with Crippen LogP contribution in [-0.4, -0.2) is 43.3 Å². The fourth-order valence-electron chi connectivity index (χ4n) is 0.946. The summed E-state index contributed by atoms with van der Waals surface area (Å²) in [5.41, 5.74) is 0. The minimum atomic E-state index is -4.75. The Hall–Kier alpha value is -0.780. The second-order valence-electron chi connectivity index (χ2n) is 2.40. The summed E-state index contributed by atoms with van der Waals surface area (Å²) in [5, 5.41) is 0. The molecule has 1 heterocycles. The van der Waals surface area contributed by atoms with Crippen molar-refractivity contribution in [3.63, 3.8) is 0 Å². The summed E-state index contributed by atoms with van der Waals surface area (Å²) in [7, 11) is 0. The maximum atomic E-state index is 11.8. The van der Waals surface area contributed by atoms with Gasteiger partial charge in [0, 0.05) is 13.1 Å². The fourth-order valence-corrected chi connectivity index (χ4v) is 0.946. The van der Waals surface area contributed by atoms with Crippen molar-refractivity contribution < 1.29 is 22.7 Å². The van der Waals surface area contributed by atoms with Gasteiger partial charge in [-0.1, -0.05) is 0 Å². The minimum Gasteiger partial charge on any atom is -0.378 e. The van der Waals surface area contributed by atoms with Gasteiger partial charge in [0.2, 0.25) is 0 Å². The van der Waals surface area contributed by atoms with Crippen molar-refractivity contribution in [3.05, 3.63) is 0 Å². The van der Waals surface area contributed by atoms with E-state index in [1.54, 1.807) is 0 Å². The molecule has 0 saturated carbocycles. The first-order chi connectivity index (χ1) is 5.52. The van der Waals surface area contributed by atoms with E-state index in [9.17, 15) is 18.0 Å². The number of nitrogens with zero attached hydrogens (tertiary/aromatic N) is 1. The molecule has 1 aliphatic heterocycles. The molecule has 0 aromatic rings. The van der Waals surface area contributed by atoms with Gasteiger partial charge in [0.25, 0.3) is 0 Å². The second-order valence-corrected chi connectivity index (χ2v) is 2.40. The molecule has 70 valence electrons. The third-order valence-corrected chi connectivity index (χ3v) is 1.54. The van der Waals surface area contributed by atoms with Crippen molar-refractivity contribution >= 4 is 5.91 Å². The van der Waals surface area contributed by atoms with Gasteiger partial charge in [-0.25, -0.2) is 0 Å². The van der Waals surface area contributed by atoms with E-state index >= 15 is 0 Å². The van der Waals surface area contributed by atoms with Crippen molar-refractivity contribution in [1.82, 2.24) is 4.90 Å². The molecule has 1 amide bonds. The van der Waals surface area contributed by atoms with Crippen molar-refractivity contribution in [2.24, 2.45) is 0 Å². The van der Waals surface area contributed by atoms with Crippen LogP contribution >= 0.6 is 0 Å². The lowest BCUT2D eigenvalue weighted by Gasteiger charge is -2.27. The first kappa shape index (κ1) is 9.31. The number of alkyl halides is 3. The molecule has 12 heavy (non-hydrogen) atoms. The zero-order valence-electron chi connectivity index (χ0n) is 6.23. The average molecular weight is 183 g/mol. The third kappa shape index (κ3) is 2.10. The number of hydrogen-bond acceptors (Lipinski definition) is 2. The second kappa shape index (κ2) is 3.30. The van der Waals surface area contributed by atoms with E-state index in [1.807, 2.05) is 0 Å². The Balaban J connectivity index is 2.51. The molecule has 1 rings (SSSR count). The van der Waals surface area contributed by atoms with Crippen LogP contribution in [0.3, 0.4) is 0 Å². The summed E-state index contributed by atoms with van der Waals surface area (Å²) in [6.07, 6.45) is -4.75. The largest absolute Gasteiger partial charge is 0.471 e. The summed E-state index contributed by atoms with van der Waals surface area (Å²) in [6.45, 7) is 0.417. The predicted octanol–water partition coefficient (Wildman–Crippen LogP) is 0.407. The average Bonchev–Trinajstić information content (AvgIpc) is 2.03. The van der Waals surface area contributed by atoms with Gasteiger partial charge >= 0.3 is 12.1 Å². The topological polar surface area (TPSA) is 29.5 Å². The highest BCUT2D eigenvalue weighted by atomic mass is 19.4. The van der Waals surface area contributed by atoms with E-state index in [2.05, 4.69) is 0 Å². The van der Waals surface area contributed by atoms with Gasteiger partial charge in [0.05, 0.1) is 13.2 Å². The van der Waals surface area contributed by atoms with Gasteiger partial charge in [0.1, 0.15) is 0 Å². The van der Waals surface area contributed by atoms with Gasteiger partial charge in [-0.2, -0.15) is 13.2 Å². The molecule has 3 nitrogen and oxygen atoms in total. The lowest BCUT2D eigenvalue weighted by molar-refractivity contribution is -0.188. The quantitative estimate of drug-likeness (QED) is 0.544. The standard InChI is InChI=1S/C6H8F3NO2/c7-6(8,9)5(11)10-1-3-12-4-2-10/h1-4H2. The molecule has 0 radical (unpaired) electrons. The minimum absolute atomic E-state index is 0.0261. The van der Waals surface area contributed by atoms with E-state index in [-0.39, 0.29) is 26.3 Å². The number of ether oxygens (including phenoxy) is 1. The van der Waals surface area contributed by atoms with Crippen LogP contribution in [0.25, 0.3) is 0 Å². The zero-order chi connectivity index (χ0) is 9.19. The highest BCUT2D eigenvalue weighted by Crippen LogP contribution is 2.18. The van der Waals surface area contributed by atoms with Gasteiger partial charge in [-0.3, -0.25) is 4.79 Å². The van der Waals surface area contributed by atoms with E-state index in [0.29, 0.717) is 0 Å². The summed E-state index contributed by atoms with van der Waals surface area (Å²) >= 11 is 0. The molecule has 0 aliphatic carbocycles. The highest BCUT2D eigenvalue weighted by molar-refractivity contribution is 5.81. The molecule has 6 heteroatoms. The van der Waals surface area contributed by atoms with E-state index in [4.69, 9.17) is 4.74 Å². The molecule has 1 aliphatic rings. The first-order valence-electron chi connectivity index (χ1n) is 3.45. The summed E-state index contributed by atoms with van der Waals surface area (Å²) in [5.74, 6) is -1.77. The Morgan fingerprint density at radius 1 is 1.25 bits per heavy atom. The zero-order valence-corrected chi connectivity index (χ0v) is 6.23. The van der Waals surface area contributed by atoms with Gasteiger partial charge in [-0.05, 0) is 0 Å². The molecular formula is C6H8F3NO2. The van der Waals surface area contributed by atoms with E-state index in [0.717, 1.165) is 4.90 Å². The maximum Gasteiger partial charge on any atom is 0.471 e. The number of amides is 1. The molecular weight excluding hydrogens is 175 g/mol. The Morgan fingerprint density at radius 2 is 1.75 bits per heavy atom. The third-order valence-electron chi connectivity index (χ3n) is 1.54. The van der Waals surface area contributed by atoms with E-state index < -0.39 is 12.1 Å². The summed E-state index contributed by atoms with van der Waals surface area (Å²) in [4.78, 5) is 11.3. The predicted molar refractivity (Wildman–Crippen MR) is 33.5 cm³/mol. The van der Waals surface area contributed by atoms with Crippen LogP contribution in [0.15, 0.2) is 0 Å². The number of hydrogen-bond donors (Lipinski definition) is 0. The molecule has 0 aromatic carbocycles. The first-order valence-corrected chi connectivity index (χ1v) is 3.45. The van der Waals surface area contributed by atoms with Gasteiger partial charge in [-0.15, -0.1) is 0 Å². The van der Waals surface area contributed by atoms with Crippen LogP contribution in [0.4, 0.5) is 13.2 Å². The number of morpholine rings is 1. The van der Waals surface area contributed by atoms with Crippen LogP contribution in [0, 0.1) is 0 Å². The van der Waals surface area contributed by atoms with Crippen molar-refractivity contribution in [2.75, 3.05) is 26.3 Å². The smallest absolute Gasteiger partial charge is 0.378 e. The van der Waals surface area contributed by atoms with E-state index in [1.165, 1.54) is 0 Å². The Kier molecular flexibility index (Phi) is 2.56. The Morgan fingerprint density at radius 3 is 2.17 bits per heavy atom.